The molecule has 9 heteroatoms. The van der Waals surface area contributed by atoms with E-state index in [-0.39, 0.29) is 17.0 Å². The number of anilines is 1. The number of benzene rings is 2. The molecule has 2 rings (SSSR count). The summed E-state index contributed by atoms with van der Waals surface area (Å²) in [5.74, 6) is -4.26. The molecule has 0 bridgehead atoms. The summed E-state index contributed by atoms with van der Waals surface area (Å²) in [6, 6.07) is 9.45. The van der Waals surface area contributed by atoms with Crippen LogP contribution in [0.5, 0.6) is 5.75 Å². The Kier molecular flexibility index (Phi) is 5.99. The van der Waals surface area contributed by atoms with Gasteiger partial charge in [0.1, 0.15) is 11.6 Å². The molecule has 0 aliphatic carbocycles. The first-order valence-corrected chi connectivity index (χ1v) is 7.20. The van der Waals surface area contributed by atoms with Crippen molar-refractivity contribution >= 4 is 29.7 Å². The number of rotatable bonds is 5. The van der Waals surface area contributed by atoms with Crippen molar-refractivity contribution in [1.29, 1.82) is 0 Å². The van der Waals surface area contributed by atoms with Crippen LogP contribution in [-0.4, -0.2) is 31.1 Å². The first-order chi connectivity index (χ1) is 12.4. The summed E-state index contributed by atoms with van der Waals surface area (Å²) >= 11 is 0. The summed E-state index contributed by atoms with van der Waals surface area (Å²) in [6.45, 7) is 0. The quantitative estimate of drug-likeness (QED) is 0.452. The number of carboxylic acid groups (broad SMARTS) is 1. The van der Waals surface area contributed by atoms with Crippen molar-refractivity contribution in [2.24, 2.45) is 5.10 Å². The van der Waals surface area contributed by atoms with Gasteiger partial charge >= 0.3 is 11.8 Å². The van der Waals surface area contributed by atoms with Crippen LogP contribution >= 0.6 is 0 Å². The molecule has 0 fully saturated rings. The average molecular weight is 358 g/mol. The van der Waals surface area contributed by atoms with Crippen molar-refractivity contribution in [3.63, 3.8) is 0 Å². The van der Waals surface area contributed by atoms with Gasteiger partial charge in [-0.2, -0.15) is 5.10 Å². The number of halogens is 1. The average Bonchev–Trinajstić information content (AvgIpc) is 2.63. The SMILES string of the molecule is COc1ccc(/C=N\NC(=O)C(=O)Nc2ccccc2F)cc1C(=O)[O-]. The molecule has 0 aliphatic heterocycles. The molecular weight excluding hydrogens is 345 g/mol. The summed E-state index contributed by atoms with van der Waals surface area (Å²) in [7, 11) is 1.31. The summed E-state index contributed by atoms with van der Waals surface area (Å²) in [4.78, 5) is 34.3. The van der Waals surface area contributed by atoms with E-state index in [2.05, 4.69) is 10.4 Å². The molecule has 2 aromatic carbocycles. The van der Waals surface area contributed by atoms with E-state index in [1.165, 1.54) is 43.5 Å². The van der Waals surface area contributed by atoms with Crippen LogP contribution in [0.1, 0.15) is 15.9 Å². The standard InChI is InChI=1S/C17H14FN3O5/c1-26-14-7-6-10(8-11(14)17(24)25)9-19-21-16(23)15(22)20-13-5-3-2-4-12(13)18/h2-9H,1H3,(H,20,22)(H,21,23)(H,24,25)/p-1/b19-9-. The number of hydrazone groups is 1. The van der Waals surface area contributed by atoms with Gasteiger partial charge in [-0.1, -0.05) is 12.1 Å². The van der Waals surface area contributed by atoms with Crippen LogP contribution in [-0.2, 0) is 9.59 Å². The number of carbonyl (C=O) groups excluding carboxylic acids is 3. The van der Waals surface area contributed by atoms with Crippen molar-refractivity contribution in [3.8, 4) is 5.75 Å². The zero-order chi connectivity index (χ0) is 19.1. The number of nitrogens with one attached hydrogen (secondary N) is 2. The zero-order valence-electron chi connectivity index (χ0n) is 13.5. The Balaban J connectivity index is 2.00. The minimum atomic E-state index is -1.44. The van der Waals surface area contributed by atoms with Crippen molar-refractivity contribution in [1.82, 2.24) is 5.43 Å². The van der Waals surface area contributed by atoms with Gasteiger partial charge in [0.2, 0.25) is 0 Å². The lowest BCUT2D eigenvalue weighted by Crippen LogP contribution is -2.32. The van der Waals surface area contributed by atoms with Gasteiger partial charge < -0.3 is 20.0 Å². The molecule has 2 aromatic rings. The number of aromatic carboxylic acids is 1. The van der Waals surface area contributed by atoms with Gasteiger partial charge in [-0.25, -0.2) is 9.82 Å². The maximum absolute atomic E-state index is 13.4. The second kappa shape index (κ2) is 8.38. The monoisotopic (exact) mass is 358 g/mol. The largest absolute Gasteiger partial charge is 0.545 e. The molecule has 0 spiro atoms. The summed E-state index contributed by atoms with van der Waals surface area (Å²) in [6.07, 6.45) is 1.13. The first-order valence-electron chi connectivity index (χ1n) is 7.20. The lowest BCUT2D eigenvalue weighted by Gasteiger charge is -2.09. The summed E-state index contributed by atoms with van der Waals surface area (Å²) < 4.78 is 18.3. The molecule has 26 heavy (non-hydrogen) atoms. The Hall–Kier alpha value is -3.75. The van der Waals surface area contributed by atoms with E-state index in [1.54, 1.807) is 0 Å². The second-order valence-electron chi connectivity index (χ2n) is 4.88. The number of carboxylic acids is 1. The Labute approximate surface area is 147 Å². The highest BCUT2D eigenvalue weighted by Gasteiger charge is 2.14. The van der Waals surface area contributed by atoms with Crippen LogP contribution in [0.2, 0.25) is 0 Å². The molecule has 2 amide bonds. The molecule has 134 valence electrons. The van der Waals surface area contributed by atoms with Crippen molar-refractivity contribution < 1.29 is 28.6 Å². The van der Waals surface area contributed by atoms with Gasteiger partial charge in [0.05, 0.1) is 25.0 Å². The molecular formula is C17H13FN3O5-. The molecule has 0 atom stereocenters. The number of amides is 2. The third-order valence-electron chi connectivity index (χ3n) is 3.15. The van der Waals surface area contributed by atoms with Crippen LogP contribution in [0.3, 0.4) is 0 Å². The fraction of sp³-hybridized carbons (Fsp3) is 0.0588. The molecule has 0 aromatic heterocycles. The molecule has 0 saturated heterocycles. The number of hydrogen-bond acceptors (Lipinski definition) is 6. The van der Waals surface area contributed by atoms with Crippen molar-refractivity contribution in [2.75, 3.05) is 12.4 Å². The van der Waals surface area contributed by atoms with E-state index in [9.17, 15) is 23.9 Å². The van der Waals surface area contributed by atoms with Crippen molar-refractivity contribution in [3.05, 3.63) is 59.4 Å². The lowest BCUT2D eigenvalue weighted by molar-refractivity contribution is -0.255. The highest BCUT2D eigenvalue weighted by molar-refractivity contribution is 6.39. The van der Waals surface area contributed by atoms with Crippen LogP contribution in [0.4, 0.5) is 10.1 Å². The molecule has 0 aliphatic rings. The van der Waals surface area contributed by atoms with Gasteiger partial charge in [0.15, 0.2) is 0 Å². The van der Waals surface area contributed by atoms with Crippen molar-refractivity contribution in [2.45, 2.75) is 0 Å². The normalized spacial score (nSPS) is 10.4. The summed E-state index contributed by atoms with van der Waals surface area (Å²) in [5, 5.41) is 16.7. The highest BCUT2D eigenvalue weighted by atomic mass is 19.1. The number of para-hydroxylation sites is 1. The molecule has 0 heterocycles. The van der Waals surface area contributed by atoms with E-state index in [1.807, 2.05) is 5.43 Å². The number of methoxy groups -OCH3 is 1. The van der Waals surface area contributed by atoms with Gasteiger partial charge in [-0.3, -0.25) is 9.59 Å². The van der Waals surface area contributed by atoms with Gasteiger partial charge in [-0.15, -0.1) is 0 Å². The minimum Gasteiger partial charge on any atom is -0.545 e. The van der Waals surface area contributed by atoms with E-state index < -0.39 is 23.6 Å². The molecule has 0 unspecified atom stereocenters. The molecule has 8 nitrogen and oxygen atoms in total. The van der Waals surface area contributed by atoms with E-state index in [4.69, 9.17) is 4.74 Å². The predicted octanol–water partition coefficient (Wildman–Crippen LogP) is 0.287. The Bertz CT molecular complexity index is 882. The highest BCUT2D eigenvalue weighted by Crippen LogP contribution is 2.18. The first kappa shape index (κ1) is 18.6. The zero-order valence-corrected chi connectivity index (χ0v) is 13.5. The van der Waals surface area contributed by atoms with E-state index in [0.29, 0.717) is 5.56 Å². The maximum atomic E-state index is 13.4. The third kappa shape index (κ3) is 4.63. The fourth-order valence-electron chi connectivity index (χ4n) is 1.92. The Morgan fingerprint density at radius 2 is 1.88 bits per heavy atom. The maximum Gasteiger partial charge on any atom is 0.329 e. The number of nitrogens with zero attached hydrogens (tertiary/aromatic N) is 1. The lowest BCUT2D eigenvalue weighted by atomic mass is 10.1. The van der Waals surface area contributed by atoms with E-state index in [0.717, 1.165) is 12.3 Å². The van der Waals surface area contributed by atoms with Crippen LogP contribution < -0.4 is 20.6 Å². The van der Waals surface area contributed by atoms with Gasteiger partial charge in [-0.05, 0) is 35.9 Å². The molecule has 0 saturated carbocycles. The smallest absolute Gasteiger partial charge is 0.329 e. The van der Waals surface area contributed by atoms with Gasteiger partial charge in [0, 0.05) is 5.56 Å². The topological polar surface area (TPSA) is 120 Å². The molecule has 0 radical (unpaired) electrons. The summed E-state index contributed by atoms with van der Waals surface area (Å²) in [5.41, 5.74) is 1.93. The predicted molar refractivity (Wildman–Crippen MR) is 88.1 cm³/mol. The van der Waals surface area contributed by atoms with E-state index >= 15 is 0 Å². The fourth-order valence-corrected chi connectivity index (χ4v) is 1.92. The number of hydrogen-bond donors (Lipinski definition) is 2. The molecule has 2 N–H and O–H groups in total. The van der Waals surface area contributed by atoms with Gasteiger partial charge in [0.25, 0.3) is 0 Å². The number of carbonyl (C=O) groups is 3. The number of ether oxygens (including phenoxy) is 1. The minimum absolute atomic E-state index is 0.107. The van der Waals surface area contributed by atoms with Crippen LogP contribution in [0.15, 0.2) is 47.6 Å². The third-order valence-corrected chi connectivity index (χ3v) is 3.15. The second-order valence-corrected chi connectivity index (χ2v) is 4.88. The van der Waals surface area contributed by atoms with Crippen LogP contribution in [0, 0.1) is 5.82 Å². The van der Waals surface area contributed by atoms with Crippen LogP contribution in [0.25, 0.3) is 0 Å². The Morgan fingerprint density at radius 1 is 1.15 bits per heavy atom. The Morgan fingerprint density at radius 3 is 2.54 bits per heavy atom.